The molecule has 0 bridgehead atoms. The number of aliphatic hydroxyl groups is 1. The van der Waals surface area contributed by atoms with Gasteiger partial charge in [-0.05, 0) is 19.4 Å². The van der Waals surface area contributed by atoms with Gasteiger partial charge in [-0.2, -0.15) is 5.10 Å². The molecule has 1 aliphatic rings. The maximum atomic E-state index is 12.1. The van der Waals surface area contributed by atoms with Crippen molar-refractivity contribution in [2.75, 3.05) is 19.6 Å². The molecule has 3 rings (SSSR count). The number of oxazole rings is 1. The van der Waals surface area contributed by atoms with E-state index in [9.17, 15) is 9.90 Å². The van der Waals surface area contributed by atoms with Crippen molar-refractivity contribution < 1.29 is 14.3 Å². The summed E-state index contributed by atoms with van der Waals surface area (Å²) in [7, 11) is 0. The van der Waals surface area contributed by atoms with Crippen LogP contribution in [-0.4, -0.2) is 67.4 Å². The van der Waals surface area contributed by atoms with E-state index in [0.29, 0.717) is 25.5 Å². The van der Waals surface area contributed by atoms with E-state index in [0.717, 1.165) is 25.3 Å². The van der Waals surface area contributed by atoms with E-state index in [1.165, 1.54) is 0 Å². The fourth-order valence-corrected chi connectivity index (χ4v) is 3.33. The largest absolute Gasteiger partial charge is 0.444 e. The van der Waals surface area contributed by atoms with Crippen LogP contribution in [0.2, 0.25) is 0 Å². The summed E-state index contributed by atoms with van der Waals surface area (Å²) >= 11 is 0. The summed E-state index contributed by atoms with van der Waals surface area (Å²) in [6.45, 7) is 6.44. The van der Waals surface area contributed by atoms with Gasteiger partial charge in [0.2, 0.25) is 11.8 Å². The summed E-state index contributed by atoms with van der Waals surface area (Å²) in [5.74, 6) is 1.32. The van der Waals surface area contributed by atoms with Gasteiger partial charge in [0, 0.05) is 45.0 Å². The Balaban J connectivity index is 1.53. The van der Waals surface area contributed by atoms with Gasteiger partial charge in [-0.1, -0.05) is 0 Å². The van der Waals surface area contributed by atoms with Crippen molar-refractivity contribution in [2.45, 2.75) is 45.5 Å². The summed E-state index contributed by atoms with van der Waals surface area (Å²) in [5.41, 5.74) is 0. The van der Waals surface area contributed by atoms with Crippen molar-refractivity contribution in [3.05, 3.63) is 36.3 Å². The highest BCUT2D eigenvalue weighted by atomic mass is 16.4. The molecule has 0 aliphatic carbocycles. The van der Waals surface area contributed by atoms with Gasteiger partial charge < -0.3 is 14.4 Å². The lowest BCUT2D eigenvalue weighted by atomic mass is 10.2. The smallest absolute Gasteiger partial charge is 0.220 e. The highest BCUT2D eigenvalue weighted by Crippen LogP contribution is 2.19. The topological polar surface area (TPSA) is 87.6 Å². The number of likely N-dealkylation sites (tertiary alicyclic amines) is 1. The maximum Gasteiger partial charge on any atom is 0.220 e. The average Bonchev–Trinajstić information content (AvgIpc) is 3.27. The molecule has 0 aromatic carbocycles. The lowest BCUT2D eigenvalue weighted by molar-refractivity contribution is -0.132. The van der Waals surface area contributed by atoms with Gasteiger partial charge in [0.1, 0.15) is 5.76 Å². The van der Waals surface area contributed by atoms with Crippen molar-refractivity contribution in [3.8, 4) is 0 Å². The fraction of sp³-hybridized carbons (Fsp3) is 0.588. The van der Waals surface area contributed by atoms with E-state index in [4.69, 9.17) is 4.42 Å². The number of β-amino-alcohol motifs (C(OH)–C–C–N with tert-alkyl or cyclic N) is 1. The molecule has 8 nitrogen and oxygen atoms in total. The Kier molecular flexibility index (Phi) is 5.50. The molecule has 1 fully saturated rings. The summed E-state index contributed by atoms with van der Waals surface area (Å²) in [5, 5.41) is 14.4. The van der Waals surface area contributed by atoms with Crippen LogP contribution < -0.4 is 0 Å². The molecule has 136 valence electrons. The predicted molar refractivity (Wildman–Crippen MR) is 90.5 cm³/mol. The number of hydrogen-bond acceptors (Lipinski definition) is 6. The molecule has 0 unspecified atom stereocenters. The number of carbonyl (C=O) groups is 1. The van der Waals surface area contributed by atoms with Crippen molar-refractivity contribution in [2.24, 2.45) is 0 Å². The Morgan fingerprint density at radius 3 is 3.00 bits per heavy atom. The lowest BCUT2D eigenvalue weighted by Crippen LogP contribution is -2.41. The number of hydrogen-bond donors (Lipinski definition) is 1. The van der Waals surface area contributed by atoms with E-state index in [1.54, 1.807) is 24.0 Å². The molecule has 1 saturated heterocycles. The third kappa shape index (κ3) is 4.67. The first kappa shape index (κ1) is 17.6. The number of carbonyl (C=O) groups excluding carboxylic acids is 1. The van der Waals surface area contributed by atoms with Gasteiger partial charge in [0.05, 0.1) is 25.4 Å². The molecular formula is C17H25N5O3. The molecule has 2 aromatic rings. The number of amides is 1. The van der Waals surface area contributed by atoms with Gasteiger partial charge >= 0.3 is 0 Å². The maximum absolute atomic E-state index is 12.1. The Morgan fingerprint density at radius 2 is 2.36 bits per heavy atom. The summed E-state index contributed by atoms with van der Waals surface area (Å²) < 4.78 is 7.23. The highest BCUT2D eigenvalue weighted by molar-refractivity contribution is 5.73. The third-order valence-electron chi connectivity index (χ3n) is 4.49. The molecule has 3 heterocycles. The monoisotopic (exact) mass is 347 g/mol. The molecule has 1 amide bonds. The van der Waals surface area contributed by atoms with Crippen molar-refractivity contribution in [1.82, 2.24) is 24.6 Å². The predicted octanol–water partition coefficient (Wildman–Crippen LogP) is 0.663. The Bertz CT molecular complexity index is 684. The first-order valence-electron chi connectivity index (χ1n) is 8.57. The van der Waals surface area contributed by atoms with E-state index < -0.39 is 6.10 Å². The number of aliphatic hydroxyl groups excluding tert-OH is 1. The van der Waals surface area contributed by atoms with Crippen LogP contribution in [0.25, 0.3) is 0 Å². The quantitative estimate of drug-likeness (QED) is 0.792. The summed E-state index contributed by atoms with van der Waals surface area (Å²) in [6, 6.07) is 1.95. The second kappa shape index (κ2) is 7.79. The standard InChI is InChI=1S/C17H25N5O3/c1-13-8-18-17(25-13)12-22(14(2)23)15-4-7-20(9-15)10-16(24)11-21-6-3-5-19-21/h3,5-6,8,15-16,24H,4,7,9-12H2,1-2H3/t15-,16-/m0/s1. The molecule has 8 heteroatoms. The summed E-state index contributed by atoms with van der Waals surface area (Å²) in [4.78, 5) is 20.3. The van der Waals surface area contributed by atoms with Crippen molar-refractivity contribution in [1.29, 1.82) is 0 Å². The van der Waals surface area contributed by atoms with Crippen LogP contribution in [0.5, 0.6) is 0 Å². The van der Waals surface area contributed by atoms with E-state index >= 15 is 0 Å². The van der Waals surface area contributed by atoms with Gasteiger partial charge in [-0.25, -0.2) is 4.98 Å². The highest BCUT2D eigenvalue weighted by Gasteiger charge is 2.31. The van der Waals surface area contributed by atoms with Crippen LogP contribution in [-0.2, 0) is 17.9 Å². The zero-order valence-electron chi connectivity index (χ0n) is 14.7. The van der Waals surface area contributed by atoms with Gasteiger partial charge in [0.25, 0.3) is 0 Å². The van der Waals surface area contributed by atoms with Crippen molar-refractivity contribution in [3.63, 3.8) is 0 Å². The van der Waals surface area contributed by atoms with Crippen LogP contribution >= 0.6 is 0 Å². The van der Waals surface area contributed by atoms with Crippen LogP contribution in [0.4, 0.5) is 0 Å². The van der Waals surface area contributed by atoms with Crippen LogP contribution in [0.3, 0.4) is 0 Å². The second-order valence-corrected chi connectivity index (χ2v) is 6.60. The number of nitrogens with zero attached hydrogens (tertiary/aromatic N) is 5. The number of aryl methyl sites for hydroxylation is 1. The first-order valence-corrected chi connectivity index (χ1v) is 8.57. The first-order chi connectivity index (χ1) is 12.0. The van der Waals surface area contributed by atoms with E-state index in [-0.39, 0.29) is 11.9 Å². The Hall–Kier alpha value is -2.19. The zero-order valence-corrected chi connectivity index (χ0v) is 14.7. The molecule has 25 heavy (non-hydrogen) atoms. The van der Waals surface area contributed by atoms with E-state index in [2.05, 4.69) is 15.0 Å². The molecule has 2 aromatic heterocycles. The van der Waals surface area contributed by atoms with Gasteiger partial charge in [-0.15, -0.1) is 0 Å². The molecule has 0 spiro atoms. The third-order valence-corrected chi connectivity index (χ3v) is 4.49. The lowest BCUT2D eigenvalue weighted by Gasteiger charge is -2.27. The van der Waals surface area contributed by atoms with Crippen molar-refractivity contribution >= 4 is 5.91 Å². The zero-order chi connectivity index (χ0) is 17.8. The molecule has 0 radical (unpaired) electrons. The Labute approximate surface area is 147 Å². The Morgan fingerprint density at radius 1 is 1.52 bits per heavy atom. The molecule has 1 N–H and O–H groups in total. The number of rotatable bonds is 7. The molecule has 0 saturated carbocycles. The van der Waals surface area contributed by atoms with Crippen LogP contribution in [0.15, 0.2) is 29.1 Å². The van der Waals surface area contributed by atoms with Crippen LogP contribution in [0.1, 0.15) is 25.0 Å². The van der Waals surface area contributed by atoms with Crippen LogP contribution in [0, 0.1) is 6.92 Å². The molecular weight excluding hydrogens is 322 g/mol. The van der Waals surface area contributed by atoms with Gasteiger partial charge in [0.15, 0.2) is 0 Å². The molecule has 2 atom stereocenters. The summed E-state index contributed by atoms with van der Waals surface area (Å²) in [6.07, 6.45) is 5.60. The normalized spacial score (nSPS) is 19.2. The second-order valence-electron chi connectivity index (χ2n) is 6.60. The minimum Gasteiger partial charge on any atom is -0.444 e. The average molecular weight is 347 g/mol. The fourth-order valence-electron chi connectivity index (χ4n) is 3.33. The van der Waals surface area contributed by atoms with Gasteiger partial charge in [-0.3, -0.25) is 14.4 Å². The molecule has 1 aliphatic heterocycles. The number of aromatic nitrogens is 3. The minimum absolute atomic E-state index is 0.0137. The SMILES string of the molecule is CC(=O)N(Cc1ncc(C)o1)[C@H]1CCN(C[C@H](O)Cn2cccn2)C1. The minimum atomic E-state index is -0.487. The van der Waals surface area contributed by atoms with E-state index in [1.807, 2.05) is 24.1 Å².